The normalized spacial score (nSPS) is 23.3. The van der Waals surface area contributed by atoms with Gasteiger partial charge >= 0.3 is 5.97 Å². The quantitative estimate of drug-likeness (QED) is 0.751. The summed E-state index contributed by atoms with van der Waals surface area (Å²) >= 11 is 0. The Balaban J connectivity index is 2.16. The number of phenolic OH excluding ortho intramolecular Hbond substituents is 1. The number of nitrogens with zero attached hydrogens (tertiary/aromatic N) is 1. The zero-order chi connectivity index (χ0) is 21.3. The van der Waals surface area contributed by atoms with Crippen LogP contribution in [0.5, 0.6) is 11.5 Å². The summed E-state index contributed by atoms with van der Waals surface area (Å²) < 4.78 is 10.7. The second kappa shape index (κ2) is 8.01. The number of rotatable bonds is 5. The highest BCUT2D eigenvalue weighted by atomic mass is 16.5. The fraction of sp³-hybridized carbons (Fsp3) is 0.522. The third-order valence-electron chi connectivity index (χ3n) is 5.57. The first-order valence-corrected chi connectivity index (χ1v) is 10.0. The van der Waals surface area contributed by atoms with Gasteiger partial charge in [0.2, 0.25) is 0 Å². The summed E-state index contributed by atoms with van der Waals surface area (Å²) in [6.45, 7) is 8.18. The van der Waals surface area contributed by atoms with Gasteiger partial charge in [0.05, 0.1) is 13.7 Å². The Labute approximate surface area is 171 Å². The summed E-state index contributed by atoms with van der Waals surface area (Å²) in [5.74, 6) is -1.25. The highest BCUT2D eigenvalue weighted by Gasteiger charge is 2.46. The molecule has 1 aromatic carbocycles. The van der Waals surface area contributed by atoms with Gasteiger partial charge < -0.3 is 14.6 Å². The predicted octanol–water partition coefficient (Wildman–Crippen LogP) is 4.17. The van der Waals surface area contributed by atoms with Crippen LogP contribution < -0.4 is 4.74 Å². The van der Waals surface area contributed by atoms with E-state index in [0.717, 1.165) is 11.3 Å². The van der Waals surface area contributed by atoms with E-state index in [-0.39, 0.29) is 22.9 Å². The first kappa shape index (κ1) is 21.1. The van der Waals surface area contributed by atoms with Crippen molar-refractivity contribution in [3.63, 3.8) is 0 Å². The zero-order valence-electron chi connectivity index (χ0n) is 17.7. The zero-order valence-corrected chi connectivity index (χ0v) is 17.7. The molecule has 0 bridgehead atoms. The molecule has 1 aromatic rings. The third kappa shape index (κ3) is 4.07. The van der Waals surface area contributed by atoms with Gasteiger partial charge in [-0.2, -0.15) is 0 Å². The molecular formula is C23H29NO5. The van der Waals surface area contributed by atoms with Gasteiger partial charge in [0, 0.05) is 29.3 Å². The van der Waals surface area contributed by atoms with Crippen LogP contribution in [0.25, 0.3) is 0 Å². The molecule has 3 rings (SSSR count). The van der Waals surface area contributed by atoms with Gasteiger partial charge in [0.25, 0.3) is 0 Å². The molecule has 0 spiro atoms. The van der Waals surface area contributed by atoms with E-state index in [1.165, 1.54) is 13.2 Å². The topological polar surface area (TPSA) is 85.2 Å². The third-order valence-corrected chi connectivity index (χ3v) is 5.57. The van der Waals surface area contributed by atoms with E-state index in [1.54, 1.807) is 12.1 Å². The average Bonchev–Trinajstić information content (AvgIpc) is 2.64. The largest absolute Gasteiger partial charge is 0.504 e. The Morgan fingerprint density at radius 1 is 1.31 bits per heavy atom. The maximum absolute atomic E-state index is 13.2. The summed E-state index contributed by atoms with van der Waals surface area (Å²) in [4.78, 5) is 30.8. The van der Waals surface area contributed by atoms with Crippen molar-refractivity contribution < 1.29 is 24.2 Å². The molecule has 1 heterocycles. The number of carbonyl (C=O) groups excluding carboxylic acids is 2. The average molecular weight is 399 g/mol. The van der Waals surface area contributed by atoms with Crippen LogP contribution in [0, 0.1) is 11.3 Å². The number of Topliss-reactive ketones (excluding diaryl/α,β-unsaturated/α-hetero) is 1. The van der Waals surface area contributed by atoms with Crippen molar-refractivity contribution in [1.29, 1.82) is 0 Å². The minimum atomic E-state index is -0.681. The summed E-state index contributed by atoms with van der Waals surface area (Å²) in [6, 6.07) is 4.95. The number of ether oxygens (including phenoxy) is 2. The SMILES string of the molecule is CCCOC(=O)C1C(C)=NC2=C(C(=O)CC(C)(C)C2)[C@H]1c1ccc(O)c(OC)c1. The van der Waals surface area contributed by atoms with Gasteiger partial charge in [-0.25, -0.2) is 0 Å². The van der Waals surface area contributed by atoms with E-state index in [1.807, 2.05) is 13.8 Å². The number of hydrogen-bond donors (Lipinski definition) is 1. The molecule has 1 aliphatic heterocycles. The lowest BCUT2D eigenvalue weighted by atomic mass is 9.67. The van der Waals surface area contributed by atoms with E-state index < -0.39 is 11.8 Å². The molecule has 0 radical (unpaired) electrons. The van der Waals surface area contributed by atoms with Crippen LogP contribution in [-0.2, 0) is 14.3 Å². The van der Waals surface area contributed by atoms with Crippen LogP contribution in [0.3, 0.4) is 0 Å². The van der Waals surface area contributed by atoms with E-state index in [4.69, 9.17) is 14.5 Å². The first-order valence-electron chi connectivity index (χ1n) is 10.0. The Bertz CT molecular complexity index is 897. The molecule has 0 amide bonds. The van der Waals surface area contributed by atoms with E-state index in [2.05, 4.69) is 13.8 Å². The van der Waals surface area contributed by atoms with Gasteiger partial charge in [-0.15, -0.1) is 0 Å². The van der Waals surface area contributed by atoms with Crippen molar-refractivity contribution in [3.8, 4) is 11.5 Å². The lowest BCUT2D eigenvalue weighted by molar-refractivity contribution is -0.146. The van der Waals surface area contributed by atoms with Crippen LogP contribution >= 0.6 is 0 Å². The lowest BCUT2D eigenvalue weighted by Gasteiger charge is -2.39. The molecule has 0 fully saturated rings. The number of phenols is 1. The van der Waals surface area contributed by atoms with Crippen molar-refractivity contribution >= 4 is 17.5 Å². The van der Waals surface area contributed by atoms with Crippen molar-refractivity contribution in [3.05, 3.63) is 35.0 Å². The molecule has 29 heavy (non-hydrogen) atoms. The number of carbonyl (C=O) groups is 2. The Kier molecular flexibility index (Phi) is 5.82. The van der Waals surface area contributed by atoms with Crippen molar-refractivity contribution in [2.45, 2.75) is 52.9 Å². The Hall–Kier alpha value is -2.63. The summed E-state index contributed by atoms with van der Waals surface area (Å²) in [5, 5.41) is 10.0. The summed E-state index contributed by atoms with van der Waals surface area (Å²) in [6.07, 6.45) is 1.80. The van der Waals surface area contributed by atoms with Gasteiger partial charge in [-0.3, -0.25) is 14.6 Å². The van der Waals surface area contributed by atoms with Gasteiger partial charge in [0.1, 0.15) is 5.92 Å². The van der Waals surface area contributed by atoms with E-state index in [9.17, 15) is 14.7 Å². The Morgan fingerprint density at radius 2 is 2.03 bits per heavy atom. The number of ketones is 1. The number of aliphatic imine (C=N–C) groups is 1. The first-order chi connectivity index (χ1) is 13.7. The molecule has 6 nitrogen and oxygen atoms in total. The van der Waals surface area contributed by atoms with Crippen molar-refractivity contribution in [1.82, 2.24) is 0 Å². The highest BCUT2D eigenvalue weighted by molar-refractivity contribution is 6.09. The molecule has 6 heteroatoms. The Morgan fingerprint density at radius 3 is 2.69 bits per heavy atom. The minimum Gasteiger partial charge on any atom is -0.504 e. The van der Waals surface area contributed by atoms with E-state index in [0.29, 0.717) is 42.9 Å². The number of esters is 1. The lowest BCUT2D eigenvalue weighted by Crippen LogP contribution is -2.39. The highest BCUT2D eigenvalue weighted by Crippen LogP contribution is 2.48. The molecule has 1 aliphatic carbocycles. The molecule has 1 unspecified atom stereocenters. The predicted molar refractivity (Wildman–Crippen MR) is 110 cm³/mol. The number of allylic oxidation sites excluding steroid dienone is 2. The monoisotopic (exact) mass is 399 g/mol. The second-order valence-corrected chi connectivity index (χ2v) is 8.61. The molecule has 0 aromatic heterocycles. The number of aromatic hydroxyl groups is 1. The molecule has 2 aliphatic rings. The number of benzene rings is 1. The summed E-state index contributed by atoms with van der Waals surface area (Å²) in [5.41, 5.74) is 2.54. The fourth-order valence-electron chi connectivity index (χ4n) is 4.29. The second-order valence-electron chi connectivity index (χ2n) is 8.61. The van der Waals surface area contributed by atoms with Crippen molar-refractivity contribution in [2.75, 3.05) is 13.7 Å². The summed E-state index contributed by atoms with van der Waals surface area (Å²) in [7, 11) is 1.47. The standard InChI is InChI=1S/C23H29NO5/c1-6-9-29-22(27)19-13(2)24-15-11-23(3,4)12-17(26)21(15)20(19)14-7-8-16(25)18(10-14)28-5/h7-8,10,19-20,25H,6,9,11-12H2,1-5H3/t19?,20-/m0/s1. The van der Waals surface area contributed by atoms with E-state index >= 15 is 0 Å². The molecule has 0 saturated heterocycles. The molecule has 2 atom stereocenters. The van der Waals surface area contributed by atoms with Crippen LogP contribution in [0.2, 0.25) is 0 Å². The van der Waals surface area contributed by atoms with Gasteiger partial charge in [-0.05, 0) is 42.9 Å². The fourth-order valence-corrected chi connectivity index (χ4v) is 4.29. The smallest absolute Gasteiger partial charge is 0.315 e. The van der Waals surface area contributed by atoms with Gasteiger partial charge in [-0.1, -0.05) is 26.8 Å². The number of hydrogen-bond acceptors (Lipinski definition) is 6. The van der Waals surface area contributed by atoms with Crippen LogP contribution in [0.15, 0.2) is 34.5 Å². The number of methoxy groups -OCH3 is 1. The maximum Gasteiger partial charge on any atom is 0.315 e. The van der Waals surface area contributed by atoms with Crippen LogP contribution in [0.1, 0.15) is 58.4 Å². The molecular weight excluding hydrogens is 370 g/mol. The molecule has 1 N–H and O–H groups in total. The molecule has 156 valence electrons. The van der Waals surface area contributed by atoms with Gasteiger partial charge in [0.15, 0.2) is 17.3 Å². The maximum atomic E-state index is 13.2. The molecule has 0 saturated carbocycles. The van der Waals surface area contributed by atoms with Crippen LogP contribution in [-0.4, -0.2) is 36.3 Å². The minimum absolute atomic E-state index is 0.00728. The van der Waals surface area contributed by atoms with Crippen molar-refractivity contribution in [2.24, 2.45) is 16.3 Å². The van der Waals surface area contributed by atoms with Crippen LogP contribution in [0.4, 0.5) is 0 Å².